The summed E-state index contributed by atoms with van der Waals surface area (Å²) in [6.07, 6.45) is 0. The van der Waals surface area contributed by atoms with Crippen molar-refractivity contribution in [2.45, 2.75) is 6.54 Å². The highest BCUT2D eigenvalue weighted by atomic mass is 19.1. The van der Waals surface area contributed by atoms with E-state index in [0.29, 0.717) is 17.8 Å². The molecule has 3 N–H and O–H groups in total. The lowest BCUT2D eigenvalue weighted by Gasteiger charge is -2.09. The third kappa shape index (κ3) is 2.93. The van der Waals surface area contributed by atoms with E-state index >= 15 is 0 Å². The summed E-state index contributed by atoms with van der Waals surface area (Å²) in [6, 6.07) is 10.1. The molecule has 4 nitrogen and oxygen atoms in total. The molecule has 0 aliphatic carbocycles. The van der Waals surface area contributed by atoms with Crippen LogP contribution in [0.3, 0.4) is 0 Å². The third-order valence-corrected chi connectivity index (χ3v) is 2.64. The molecule has 0 atom stereocenters. The summed E-state index contributed by atoms with van der Waals surface area (Å²) in [5.41, 5.74) is 1.12. The Labute approximate surface area is 109 Å². The van der Waals surface area contributed by atoms with Gasteiger partial charge in [0.15, 0.2) is 0 Å². The van der Waals surface area contributed by atoms with Crippen LogP contribution in [0.1, 0.15) is 11.1 Å². The van der Waals surface area contributed by atoms with Crippen LogP contribution in [0.25, 0.3) is 0 Å². The molecule has 0 amide bonds. The van der Waals surface area contributed by atoms with Gasteiger partial charge >= 0.3 is 0 Å². The first kappa shape index (κ1) is 12.7. The Morgan fingerprint density at radius 1 is 1.16 bits per heavy atom. The smallest absolute Gasteiger partial charge is 0.141 e. The quantitative estimate of drug-likeness (QED) is 0.791. The molecule has 0 radical (unpaired) electrons. The van der Waals surface area contributed by atoms with Crippen LogP contribution in [0, 0.1) is 17.1 Å². The lowest BCUT2D eigenvalue weighted by atomic mass is 10.1. The van der Waals surface area contributed by atoms with Gasteiger partial charge in [-0.2, -0.15) is 5.26 Å². The van der Waals surface area contributed by atoms with E-state index in [1.165, 1.54) is 30.3 Å². The SMILES string of the molecule is N#Cc1cc(NCc2ccc(O)cc2O)ccc1F. The normalized spacial score (nSPS) is 9.89. The number of nitrogens with zero attached hydrogens (tertiary/aromatic N) is 1. The predicted molar refractivity (Wildman–Crippen MR) is 68.2 cm³/mol. The topological polar surface area (TPSA) is 76.3 Å². The van der Waals surface area contributed by atoms with Gasteiger partial charge in [0.1, 0.15) is 23.4 Å². The molecule has 0 aliphatic rings. The number of aromatic hydroxyl groups is 2. The molecule has 19 heavy (non-hydrogen) atoms. The molecule has 0 spiro atoms. The van der Waals surface area contributed by atoms with E-state index in [-0.39, 0.29) is 17.1 Å². The molecule has 96 valence electrons. The monoisotopic (exact) mass is 258 g/mol. The van der Waals surface area contributed by atoms with E-state index in [1.807, 2.05) is 0 Å². The number of rotatable bonds is 3. The maximum atomic E-state index is 13.1. The van der Waals surface area contributed by atoms with Crippen molar-refractivity contribution in [1.82, 2.24) is 0 Å². The zero-order chi connectivity index (χ0) is 13.8. The molecule has 2 rings (SSSR count). The lowest BCUT2D eigenvalue weighted by molar-refractivity contribution is 0.446. The van der Waals surface area contributed by atoms with Gasteiger partial charge < -0.3 is 15.5 Å². The van der Waals surface area contributed by atoms with Crippen molar-refractivity contribution >= 4 is 5.69 Å². The number of benzene rings is 2. The Balaban J connectivity index is 2.13. The first-order valence-corrected chi connectivity index (χ1v) is 5.54. The molecule has 0 heterocycles. The highest BCUT2D eigenvalue weighted by Crippen LogP contribution is 2.23. The second-order valence-corrected chi connectivity index (χ2v) is 3.97. The molecular formula is C14H11FN2O2. The Hall–Kier alpha value is -2.74. The Kier molecular flexibility index (Phi) is 3.53. The van der Waals surface area contributed by atoms with E-state index in [1.54, 1.807) is 12.1 Å². The number of halogens is 1. The average Bonchev–Trinajstić information content (AvgIpc) is 2.39. The van der Waals surface area contributed by atoms with Crippen LogP contribution < -0.4 is 5.32 Å². The van der Waals surface area contributed by atoms with Crippen molar-refractivity contribution < 1.29 is 14.6 Å². The van der Waals surface area contributed by atoms with Crippen molar-refractivity contribution in [2.24, 2.45) is 0 Å². The van der Waals surface area contributed by atoms with Gasteiger partial charge in [0.05, 0.1) is 5.56 Å². The average molecular weight is 258 g/mol. The van der Waals surface area contributed by atoms with E-state index in [9.17, 15) is 9.50 Å². The van der Waals surface area contributed by atoms with Crippen molar-refractivity contribution in [2.75, 3.05) is 5.32 Å². The standard InChI is InChI=1S/C14H11FN2O2/c15-13-4-2-11(5-10(13)7-16)17-8-9-1-3-12(18)6-14(9)19/h1-6,17-19H,8H2. The summed E-state index contributed by atoms with van der Waals surface area (Å²) in [6.45, 7) is 0.294. The van der Waals surface area contributed by atoms with E-state index < -0.39 is 5.82 Å². The first-order chi connectivity index (χ1) is 9.10. The van der Waals surface area contributed by atoms with Crippen LogP contribution in [-0.4, -0.2) is 10.2 Å². The highest BCUT2D eigenvalue weighted by molar-refractivity contribution is 5.51. The molecule has 0 fully saturated rings. The number of nitriles is 1. The lowest BCUT2D eigenvalue weighted by Crippen LogP contribution is -2.00. The summed E-state index contributed by atoms with van der Waals surface area (Å²) in [5, 5.41) is 30.4. The number of anilines is 1. The number of nitrogens with one attached hydrogen (secondary N) is 1. The van der Waals surface area contributed by atoms with Gasteiger partial charge in [0, 0.05) is 23.9 Å². The Bertz CT molecular complexity index is 650. The van der Waals surface area contributed by atoms with Crippen LogP contribution >= 0.6 is 0 Å². The van der Waals surface area contributed by atoms with Crippen LogP contribution in [0.15, 0.2) is 36.4 Å². The maximum absolute atomic E-state index is 13.1. The molecular weight excluding hydrogens is 247 g/mol. The number of phenolic OH excluding ortho intramolecular Hbond substituents is 2. The van der Waals surface area contributed by atoms with Gasteiger partial charge in [0.25, 0.3) is 0 Å². The zero-order valence-corrected chi connectivity index (χ0v) is 9.89. The molecule has 0 saturated carbocycles. The van der Waals surface area contributed by atoms with Crippen molar-refractivity contribution in [3.05, 3.63) is 53.3 Å². The van der Waals surface area contributed by atoms with Gasteiger partial charge in [-0.05, 0) is 30.3 Å². The summed E-state index contributed by atoms with van der Waals surface area (Å²) in [7, 11) is 0. The highest BCUT2D eigenvalue weighted by Gasteiger charge is 2.05. The fraction of sp³-hybridized carbons (Fsp3) is 0.0714. The molecule has 2 aromatic rings. The van der Waals surface area contributed by atoms with E-state index in [4.69, 9.17) is 10.4 Å². The van der Waals surface area contributed by atoms with Gasteiger partial charge in [-0.15, -0.1) is 0 Å². The number of hydrogen-bond donors (Lipinski definition) is 3. The van der Waals surface area contributed by atoms with Crippen LogP contribution in [-0.2, 0) is 6.54 Å². The minimum absolute atomic E-state index is 0.0187. The Morgan fingerprint density at radius 3 is 2.63 bits per heavy atom. The van der Waals surface area contributed by atoms with Crippen LogP contribution in [0.2, 0.25) is 0 Å². The molecule has 0 saturated heterocycles. The van der Waals surface area contributed by atoms with Crippen molar-refractivity contribution in [3.63, 3.8) is 0 Å². The molecule has 0 aromatic heterocycles. The summed E-state index contributed by atoms with van der Waals surface area (Å²) < 4.78 is 13.1. The minimum Gasteiger partial charge on any atom is -0.508 e. The third-order valence-electron chi connectivity index (χ3n) is 2.64. The molecule has 0 aliphatic heterocycles. The predicted octanol–water partition coefficient (Wildman–Crippen LogP) is 2.72. The fourth-order valence-corrected chi connectivity index (χ4v) is 1.62. The molecule has 0 unspecified atom stereocenters. The first-order valence-electron chi connectivity index (χ1n) is 5.54. The second kappa shape index (κ2) is 5.27. The number of phenols is 2. The number of hydrogen-bond acceptors (Lipinski definition) is 4. The van der Waals surface area contributed by atoms with Crippen molar-refractivity contribution in [1.29, 1.82) is 5.26 Å². The molecule has 2 aromatic carbocycles. The van der Waals surface area contributed by atoms with Gasteiger partial charge in [-0.1, -0.05) is 0 Å². The summed E-state index contributed by atoms with van der Waals surface area (Å²) in [4.78, 5) is 0. The van der Waals surface area contributed by atoms with Gasteiger partial charge in [-0.3, -0.25) is 0 Å². The Morgan fingerprint density at radius 2 is 1.95 bits per heavy atom. The maximum Gasteiger partial charge on any atom is 0.141 e. The van der Waals surface area contributed by atoms with Gasteiger partial charge in [0.2, 0.25) is 0 Å². The zero-order valence-electron chi connectivity index (χ0n) is 9.89. The van der Waals surface area contributed by atoms with Gasteiger partial charge in [-0.25, -0.2) is 4.39 Å². The largest absolute Gasteiger partial charge is 0.508 e. The molecule has 5 heteroatoms. The van der Waals surface area contributed by atoms with Crippen LogP contribution in [0.4, 0.5) is 10.1 Å². The van der Waals surface area contributed by atoms with E-state index in [2.05, 4.69) is 5.32 Å². The fourth-order valence-electron chi connectivity index (χ4n) is 1.62. The van der Waals surface area contributed by atoms with E-state index in [0.717, 1.165) is 0 Å². The second-order valence-electron chi connectivity index (χ2n) is 3.97. The minimum atomic E-state index is -0.569. The molecule has 0 bridgehead atoms. The summed E-state index contributed by atoms with van der Waals surface area (Å²) >= 11 is 0. The van der Waals surface area contributed by atoms with Crippen molar-refractivity contribution in [3.8, 4) is 17.6 Å². The summed E-state index contributed by atoms with van der Waals surface area (Å²) in [5.74, 6) is -0.620. The van der Waals surface area contributed by atoms with Crippen LogP contribution in [0.5, 0.6) is 11.5 Å².